The van der Waals surface area contributed by atoms with Crippen LogP contribution >= 0.6 is 23.5 Å². The van der Waals surface area contributed by atoms with Crippen molar-refractivity contribution < 1.29 is 4.79 Å². The number of nitrogens with one attached hydrogen (secondary N) is 1. The monoisotopic (exact) mass is 234 g/mol. The summed E-state index contributed by atoms with van der Waals surface area (Å²) >= 11 is 3.95. The average Bonchev–Trinajstić information content (AvgIpc) is 2.42. The van der Waals surface area contributed by atoms with Gasteiger partial charge in [-0.05, 0) is 0 Å². The molecule has 0 atom stereocenters. The van der Waals surface area contributed by atoms with E-state index in [0.717, 1.165) is 11.5 Å². The first-order chi connectivity index (χ1) is 6.70. The number of nitrogens with zero attached hydrogens (tertiary/aromatic N) is 1. The maximum absolute atomic E-state index is 11.3. The van der Waals surface area contributed by atoms with Crippen molar-refractivity contribution in [3.63, 3.8) is 0 Å². The lowest BCUT2D eigenvalue weighted by Crippen LogP contribution is -2.40. The number of carbonyl (C=O) groups is 1. The van der Waals surface area contributed by atoms with Crippen molar-refractivity contribution in [2.75, 3.05) is 43.7 Å². The van der Waals surface area contributed by atoms with E-state index in [4.69, 9.17) is 0 Å². The number of carbonyl (C=O) groups excluding carboxylic acids is 1. The van der Waals surface area contributed by atoms with E-state index in [2.05, 4.69) is 5.32 Å². The molecule has 0 aromatic heterocycles. The summed E-state index contributed by atoms with van der Waals surface area (Å²) in [6.07, 6.45) is 0. The molecule has 82 valence electrons. The molecule has 0 aliphatic carbocycles. The molecule has 1 saturated heterocycles. The van der Waals surface area contributed by atoms with Gasteiger partial charge in [0.05, 0.1) is 6.54 Å². The van der Waals surface area contributed by atoms with Crippen molar-refractivity contribution in [1.29, 1.82) is 0 Å². The highest BCUT2D eigenvalue weighted by Gasteiger charge is 2.13. The van der Waals surface area contributed by atoms with Crippen LogP contribution in [0.5, 0.6) is 0 Å². The largest absolute Gasteiger partial charge is 0.348 e. The quantitative estimate of drug-likeness (QED) is 0.771. The molecule has 0 bridgehead atoms. The molecule has 1 heterocycles. The number of thioether (sulfide) groups is 2. The van der Waals surface area contributed by atoms with E-state index in [-0.39, 0.29) is 5.91 Å². The van der Waals surface area contributed by atoms with Gasteiger partial charge in [0, 0.05) is 43.1 Å². The Bertz CT molecular complexity index is 180. The summed E-state index contributed by atoms with van der Waals surface area (Å²) in [5, 5.41) is 3.31. The smallest absolute Gasteiger partial charge is 0.236 e. The molecule has 1 aliphatic rings. The topological polar surface area (TPSA) is 32.3 Å². The van der Waals surface area contributed by atoms with Gasteiger partial charge in [0.25, 0.3) is 0 Å². The Kier molecular flexibility index (Phi) is 5.74. The van der Waals surface area contributed by atoms with Crippen LogP contribution in [0.3, 0.4) is 0 Å². The summed E-state index contributed by atoms with van der Waals surface area (Å²) in [5.74, 6) is 4.90. The van der Waals surface area contributed by atoms with Crippen LogP contribution < -0.4 is 5.32 Å². The maximum Gasteiger partial charge on any atom is 0.236 e. The molecule has 0 saturated carbocycles. The molecule has 3 nitrogen and oxygen atoms in total. The Morgan fingerprint density at radius 1 is 1.36 bits per heavy atom. The van der Waals surface area contributed by atoms with Gasteiger partial charge in [-0.15, -0.1) is 0 Å². The molecule has 0 spiro atoms. The molecule has 5 heteroatoms. The minimum absolute atomic E-state index is 0.157. The highest BCUT2D eigenvalue weighted by Crippen LogP contribution is 2.16. The molecule has 0 aromatic rings. The predicted octanol–water partition coefficient (Wildman–Crippen LogP) is 0.513. The van der Waals surface area contributed by atoms with Gasteiger partial charge in [-0.2, -0.15) is 23.5 Å². The fraction of sp³-hybridized carbons (Fsp3) is 0.889. The summed E-state index contributed by atoms with van der Waals surface area (Å²) < 4.78 is 0. The first-order valence-corrected chi connectivity index (χ1v) is 7.10. The zero-order chi connectivity index (χ0) is 10.4. The molecule has 14 heavy (non-hydrogen) atoms. The van der Waals surface area contributed by atoms with Crippen LogP contribution in [0.15, 0.2) is 0 Å². The van der Waals surface area contributed by atoms with Crippen molar-refractivity contribution in [2.45, 2.75) is 6.04 Å². The van der Waals surface area contributed by atoms with Crippen molar-refractivity contribution in [3.8, 4) is 0 Å². The van der Waals surface area contributed by atoms with Crippen LogP contribution in [0.1, 0.15) is 0 Å². The van der Waals surface area contributed by atoms with Crippen molar-refractivity contribution in [2.24, 2.45) is 0 Å². The van der Waals surface area contributed by atoms with Crippen LogP contribution in [0.2, 0.25) is 0 Å². The van der Waals surface area contributed by atoms with Gasteiger partial charge in [-0.3, -0.25) is 4.79 Å². The number of likely N-dealkylation sites (N-methyl/N-ethyl adjacent to an activating group) is 1. The molecule has 0 radical (unpaired) electrons. The van der Waals surface area contributed by atoms with E-state index in [1.165, 1.54) is 11.5 Å². The summed E-state index contributed by atoms with van der Waals surface area (Å²) in [6.45, 7) is 0.471. The van der Waals surface area contributed by atoms with Crippen molar-refractivity contribution in [1.82, 2.24) is 10.2 Å². The van der Waals surface area contributed by atoms with Gasteiger partial charge in [-0.1, -0.05) is 0 Å². The normalized spacial score (nSPS) is 19.0. The summed E-state index contributed by atoms with van der Waals surface area (Å²) in [5.41, 5.74) is 0. The molecular weight excluding hydrogens is 216 g/mol. The molecule has 1 N–H and O–H groups in total. The zero-order valence-corrected chi connectivity index (χ0v) is 10.4. The first-order valence-electron chi connectivity index (χ1n) is 4.79. The highest BCUT2D eigenvalue weighted by atomic mass is 32.2. The molecule has 0 unspecified atom stereocenters. The van der Waals surface area contributed by atoms with E-state index in [1.807, 2.05) is 23.5 Å². The maximum atomic E-state index is 11.3. The third kappa shape index (κ3) is 4.57. The second kappa shape index (κ2) is 6.58. The van der Waals surface area contributed by atoms with Gasteiger partial charge >= 0.3 is 0 Å². The lowest BCUT2D eigenvalue weighted by Gasteiger charge is -2.17. The number of amides is 1. The molecular formula is C9H18N2OS2. The molecule has 1 rings (SSSR count). The Hall–Kier alpha value is 0.130. The Morgan fingerprint density at radius 3 is 2.43 bits per heavy atom. The second-order valence-corrected chi connectivity index (χ2v) is 5.82. The Morgan fingerprint density at radius 2 is 1.93 bits per heavy atom. The minimum atomic E-state index is 0.157. The van der Waals surface area contributed by atoms with Crippen LogP contribution in [-0.4, -0.2) is 60.5 Å². The van der Waals surface area contributed by atoms with E-state index >= 15 is 0 Å². The zero-order valence-electron chi connectivity index (χ0n) is 8.78. The second-order valence-electron chi connectivity index (χ2n) is 3.52. The minimum Gasteiger partial charge on any atom is -0.348 e. The van der Waals surface area contributed by atoms with Crippen LogP contribution in [-0.2, 0) is 4.79 Å². The van der Waals surface area contributed by atoms with Crippen molar-refractivity contribution in [3.05, 3.63) is 0 Å². The fourth-order valence-corrected chi connectivity index (χ4v) is 3.59. The van der Waals surface area contributed by atoms with Crippen LogP contribution in [0.4, 0.5) is 0 Å². The van der Waals surface area contributed by atoms with Gasteiger partial charge in [-0.25, -0.2) is 0 Å². The fourth-order valence-electron chi connectivity index (χ4n) is 1.12. The van der Waals surface area contributed by atoms with Gasteiger partial charge in [0.2, 0.25) is 5.91 Å². The van der Waals surface area contributed by atoms with E-state index in [9.17, 15) is 4.79 Å². The average molecular weight is 234 g/mol. The Balaban J connectivity index is 2.19. The molecule has 1 aliphatic heterocycles. The lowest BCUT2D eigenvalue weighted by molar-refractivity contribution is -0.127. The summed E-state index contributed by atoms with van der Waals surface area (Å²) in [7, 11) is 3.58. The van der Waals surface area contributed by atoms with E-state index in [0.29, 0.717) is 12.6 Å². The van der Waals surface area contributed by atoms with E-state index in [1.54, 1.807) is 19.0 Å². The standard InChI is InChI=1S/C9H18N2OS2/c1-11(2)9(12)5-10-8-6-13-3-4-14-7-8/h8,10H,3-7H2,1-2H3. The third-order valence-electron chi connectivity index (χ3n) is 2.05. The summed E-state index contributed by atoms with van der Waals surface area (Å²) in [6, 6.07) is 0.497. The SMILES string of the molecule is CN(C)C(=O)CNC1CSCCSC1. The molecule has 1 fully saturated rings. The summed E-state index contributed by atoms with van der Waals surface area (Å²) in [4.78, 5) is 13.0. The van der Waals surface area contributed by atoms with E-state index < -0.39 is 0 Å². The first kappa shape index (κ1) is 12.2. The van der Waals surface area contributed by atoms with Crippen LogP contribution in [0.25, 0.3) is 0 Å². The third-order valence-corrected chi connectivity index (χ3v) is 4.57. The Labute approximate surface area is 94.4 Å². The van der Waals surface area contributed by atoms with Crippen molar-refractivity contribution >= 4 is 29.4 Å². The van der Waals surface area contributed by atoms with Crippen LogP contribution in [0, 0.1) is 0 Å². The van der Waals surface area contributed by atoms with Gasteiger partial charge < -0.3 is 10.2 Å². The highest BCUT2D eigenvalue weighted by molar-refractivity contribution is 8.03. The number of rotatable bonds is 3. The molecule has 1 amide bonds. The number of hydrogen-bond donors (Lipinski definition) is 1. The predicted molar refractivity (Wildman–Crippen MR) is 65.1 cm³/mol. The van der Waals surface area contributed by atoms with Gasteiger partial charge in [0.15, 0.2) is 0 Å². The molecule has 0 aromatic carbocycles. The van der Waals surface area contributed by atoms with Gasteiger partial charge in [0.1, 0.15) is 0 Å². The number of hydrogen-bond acceptors (Lipinski definition) is 4. The lowest BCUT2D eigenvalue weighted by atomic mass is 10.4.